The van der Waals surface area contributed by atoms with E-state index < -0.39 is 0 Å². The van der Waals surface area contributed by atoms with E-state index in [0.717, 1.165) is 65.6 Å². The summed E-state index contributed by atoms with van der Waals surface area (Å²) in [5.41, 5.74) is 0. The van der Waals surface area contributed by atoms with E-state index in [1.165, 1.54) is 0 Å². The molecule has 0 bridgehead atoms. The fourth-order valence-corrected chi connectivity index (χ4v) is 4.96. The van der Waals surface area contributed by atoms with Crippen molar-refractivity contribution in [3.8, 4) is 0 Å². The second kappa shape index (κ2) is 9.03. The maximum absolute atomic E-state index is 12.8. The average Bonchev–Trinajstić information content (AvgIpc) is 3.10. The molecule has 1 aliphatic rings. The number of benzene rings is 2. The summed E-state index contributed by atoms with van der Waals surface area (Å²) in [7, 11) is 0. The first-order valence-electron chi connectivity index (χ1n) is 9.53. The smallest absolute Gasteiger partial charge is 0.232 e. The number of nitrogens with zero attached hydrogens (tertiary/aromatic N) is 2. The molecule has 0 radical (unpaired) electrons. The monoisotopic (exact) mass is 414 g/mol. The van der Waals surface area contributed by atoms with Gasteiger partial charge in [-0.25, -0.2) is 0 Å². The van der Waals surface area contributed by atoms with Crippen molar-refractivity contribution in [2.45, 2.75) is 17.9 Å². The van der Waals surface area contributed by atoms with E-state index in [4.69, 9.17) is 16.0 Å². The number of carbonyl (C=O) groups excluding carboxylic acids is 1. The molecule has 0 saturated carbocycles. The standard InChI is InChI=1S/C22H23ClN2O2S/c23-19-8-1-5-17-6-2-9-20(22(17)19)28-16-21(26)25-11-4-10-24(12-13-25)15-18-7-3-14-27-18/h1-3,5-9,14H,4,10-13,15-16H2. The van der Waals surface area contributed by atoms with Crippen molar-refractivity contribution < 1.29 is 9.21 Å². The van der Waals surface area contributed by atoms with Crippen molar-refractivity contribution in [3.05, 3.63) is 65.6 Å². The number of carbonyl (C=O) groups is 1. The number of amides is 1. The van der Waals surface area contributed by atoms with Gasteiger partial charge in [-0.2, -0.15) is 0 Å². The summed E-state index contributed by atoms with van der Waals surface area (Å²) in [6.07, 6.45) is 2.69. The van der Waals surface area contributed by atoms with Gasteiger partial charge < -0.3 is 9.32 Å². The second-order valence-electron chi connectivity index (χ2n) is 6.97. The maximum Gasteiger partial charge on any atom is 0.232 e. The molecule has 6 heteroatoms. The Morgan fingerprint density at radius 3 is 2.71 bits per heavy atom. The Labute approximate surface area is 174 Å². The molecule has 0 unspecified atom stereocenters. The molecule has 28 heavy (non-hydrogen) atoms. The number of furan rings is 1. The van der Waals surface area contributed by atoms with E-state index in [0.29, 0.717) is 5.75 Å². The zero-order chi connectivity index (χ0) is 19.3. The molecule has 0 N–H and O–H groups in total. The number of hydrogen-bond donors (Lipinski definition) is 0. The van der Waals surface area contributed by atoms with Gasteiger partial charge in [-0.1, -0.05) is 35.9 Å². The van der Waals surface area contributed by atoms with Gasteiger partial charge in [-0.05, 0) is 36.1 Å². The summed E-state index contributed by atoms with van der Waals surface area (Å²) in [4.78, 5) is 18.2. The molecule has 1 amide bonds. The zero-order valence-electron chi connectivity index (χ0n) is 15.6. The number of halogens is 1. The van der Waals surface area contributed by atoms with Crippen LogP contribution in [-0.2, 0) is 11.3 Å². The molecule has 0 spiro atoms. The minimum Gasteiger partial charge on any atom is -0.468 e. The first-order valence-corrected chi connectivity index (χ1v) is 10.9. The van der Waals surface area contributed by atoms with Crippen LogP contribution in [0.5, 0.6) is 0 Å². The van der Waals surface area contributed by atoms with Crippen molar-refractivity contribution in [2.75, 3.05) is 31.9 Å². The third kappa shape index (κ3) is 4.54. The van der Waals surface area contributed by atoms with Crippen LogP contribution in [0.4, 0.5) is 0 Å². The third-order valence-electron chi connectivity index (χ3n) is 5.07. The van der Waals surface area contributed by atoms with Gasteiger partial charge in [0.25, 0.3) is 0 Å². The van der Waals surface area contributed by atoms with Gasteiger partial charge in [0, 0.05) is 41.5 Å². The van der Waals surface area contributed by atoms with Crippen molar-refractivity contribution in [3.63, 3.8) is 0 Å². The molecule has 1 saturated heterocycles. The van der Waals surface area contributed by atoms with Crippen molar-refractivity contribution in [2.24, 2.45) is 0 Å². The Bertz CT molecular complexity index is 940. The zero-order valence-corrected chi connectivity index (χ0v) is 17.2. The fourth-order valence-electron chi connectivity index (χ4n) is 3.61. The van der Waals surface area contributed by atoms with E-state index in [1.54, 1.807) is 18.0 Å². The van der Waals surface area contributed by atoms with Gasteiger partial charge >= 0.3 is 0 Å². The van der Waals surface area contributed by atoms with Crippen LogP contribution in [0.25, 0.3) is 10.8 Å². The van der Waals surface area contributed by atoms with Crippen molar-refractivity contribution in [1.82, 2.24) is 9.80 Å². The molecule has 1 aliphatic heterocycles. The van der Waals surface area contributed by atoms with Crippen molar-refractivity contribution >= 4 is 40.0 Å². The fraction of sp³-hybridized carbons (Fsp3) is 0.318. The Morgan fingerprint density at radius 1 is 1.04 bits per heavy atom. The predicted molar refractivity (Wildman–Crippen MR) is 115 cm³/mol. The molecular weight excluding hydrogens is 392 g/mol. The Kier molecular flexibility index (Phi) is 6.25. The van der Waals surface area contributed by atoms with Gasteiger partial charge in [0.2, 0.25) is 5.91 Å². The van der Waals surface area contributed by atoms with Crippen LogP contribution in [-0.4, -0.2) is 47.6 Å². The Balaban J connectivity index is 1.35. The first kappa shape index (κ1) is 19.4. The number of thioether (sulfide) groups is 1. The third-order valence-corrected chi connectivity index (χ3v) is 6.43. The Hall–Kier alpha value is -1.95. The van der Waals surface area contributed by atoms with E-state index >= 15 is 0 Å². The molecule has 1 aromatic heterocycles. The maximum atomic E-state index is 12.8. The van der Waals surface area contributed by atoms with Crippen LogP contribution in [0.2, 0.25) is 5.02 Å². The normalized spacial score (nSPS) is 15.7. The molecule has 1 fully saturated rings. The molecular formula is C22H23ClN2O2S. The van der Waals surface area contributed by atoms with Crippen molar-refractivity contribution in [1.29, 1.82) is 0 Å². The topological polar surface area (TPSA) is 36.7 Å². The summed E-state index contributed by atoms with van der Waals surface area (Å²) < 4.78 is 5.45. The molecule has 4 nitrogen and oxygen atoms in total. The largest absolute Gasteiger partial charge is 0.468 e. The van der Waals surface area contributed by atoms with Gasteiger partial charge in [0.1, 0.15) is 5.76 Å². The molecule has 3 aromatic rings. The summed E-state index contributed by atoms with van der Waals surface area (Å²) in [5.74, 6) is 1.60. The molecule has 2 heterocycles. The van der Waals surface area contributed by atoms with Crippen LogP contribution in [0.3, 0.4) is 0 Å². The summed E-state index contributed by atoms with van der Waals surface area (Å²) in [5, 5.41) is 2.87. The number of fused-ring (bicyclic) bond motifs is 1. The molecule has 146 valence electrons. The van der Waals surface area contributed by atoms with Gasteiger partial charge in [-0.15, -0.1) is 11.8 Å². The molecule has 2 aromatic carbocycles. The number of hydrogen-bond acceptors (Lipinski definition) is 4. The lowest BCUT2D eigenvalue weighted by Gasteiger charge is -2.21. The SMILES string of the molecule is O=C(CSc1cccc2cccc(Cl)c12)N1CCCN(Cc2ccco2)CC1. The van der Waals surface area contributed by atoms with E-state index in [9.17, 15) is 4.79 Å². The summed E-state index contributed by atoms with van der Waals surface area (Å²) in [6, 6.07) is 15.9. The summed E-state index contributed by atoms with van der Waals surface area (Å²) >= 11 is 7.97. The second-order valence-corrected chi connectivity index (χ2v) is 8.40. The summed E-state index contributed by atoms with van der Waals surface area (Å²) in [6.45, 7) is 4.23. The lowest BCUT2D eigenvalue weighted by molar-refractivity contribution is -0.128. The van der Waals surface area contributed by atoms with Crippen LogP contribution >= 0.6 is 23.4 Å². The first-order chi connectivity index (χ1) is 13.7. The number of rotatable bonds is 5. The van der Waals surface area contributed by atoms with Gasteiger partial charge in [-0.3, -0.25) is 9.69 Å². The minimum absolute atomic E-state index is 0.189. The van der Waals surface area contributed by atoms with Crippen LogP contribution in [0, 0.1) is 0 Å². The highest BCUT2D eigenvalue weighted by Gasteiger charge is 2.20. The molecule has 0 atom stereocenters. The Morgan fingerprint density at radius 2 is 1.89 bits per heavy atom. The van der Waals surface area contributed by atoms with Crippen LogP contribution < -0.4 is 0 Å². The predicted octanol–water partition coefficient (Wildman–Crippen LogP) is 4.91. The van der Waals surface area contributed by atoms with E-state index in [1.807, 2.05) is 41.3 Å². The van der Waals surface area contributed by atoms with Gasteiger partial charge in [0.15, 0.2) is 0 Å². The van der Waals surface area contributed by atoms with Crippen LogP contribution in [0.1, 0.15) is 12.2 Å². The molecule has 4 rings (SSSR count). The van der Waals surface area contributed by atoms with E-state index in [2.05, 4.69) is 17.0 Å². The van der Waals surface area contributed by atoms with E-state index in [-0.39, 0.29) is 5.91 Å². The quantitative estimate of drug-likeness (QED) is 0.555. The highest BCUT2D eigenvalue weighted by Crippen LogP contribution is 2.33. The minimum atomic E-state index is 0.189. The van der Waals surface area contributed by atoms with Crippen LogP contribution in [0.15, 0.2) is 64.1 Å². The molecule has 0 aliphatic carbocycles. The average molecular weight is 415 g/mol. The van der Waals surface area contributed by atoms with Gasteiger partial charge in [0.05, 0.1) is 18.6 Å². The lowest BCUT2D eigenvalue weighted by Crippen LogP contribution is -2.36. The lowest BCUT2D eigenvalue weighted by atomic mass is 10.1. The highest BCUT2D eigenvalue weighted by atomic mass is 35.5. The highest BCUT2D eigenvalue weighted by molar-refractivity contribution is 8.00.